The van der Waals surface area contributed by atoms with Gasteiger partial charge in [-0.2, -0.15) is 0 Å². The van der Waals surface area contributed by atoms with Crippen LogP contribution in [0.5, 0.6) is 0 Å². The van der Waals surface area contributed by atoms with Crippen LogP contribution in [-0.4, -0.2) is 31.2 Å². The number of aryl methyl sites for hydroxylation is 1. The van der Waals surface area contributed by atoms with E-state index in [0.717, 1.165) is 30.1 Å². The standard InChI is InChI=1S/C16H18N2O2S/c1-11-12(9-15(21-11)16(19)20)10-18-8-7-17(2)13-5-3-4-6-14(13)18/h3-6,9H,7-8,10H2,1-2H3,(H,19,20). The van der Waals surface area contributed by atoms with Crippen LogP contribution in [0.3, 0.4) is 0 Å². The number of carbonyl (C=O) groups is 1. The van der Waals surface area contributed by atoms with E-state index < -0.39 is 5.97 Å². The summed E-state index contributed by atoms with van der Waals surface area (Å²) in [6.07, 6.45) is 0. The second-order valence-electron chi connectivity index (χ2n) is 5.33. The Labute approximate surface area is 128 Å². The number of anilines is 2. The van der Waals surface area contributed by atoms with Gasteiger partial charge in [-0.05, 0) is 30.7 Å². The van der Waals surface area contributed by atoms with E-state index in [-0.39, 0.29) is 0 Å². The fourth-order valence-electron chi connectivity index (χ4n) is 2.72. The molecule has 0 aliphatic carbocycles. The Morgan fingerprint density at radius 3 is 2.67 bits per heavy atom. The summed E-state index contributed by atoms with van der Waals surface area (Å²) in [4.78, 5) is 17.2. The van der Waals surface area contributed by atoms with Crippen molar-refractivity contribution in [3.8, 4) is 0 Å². The average Bonchev–Trinajstić information content (AvgIpc) is 2.84. The summed E-state index contributed by atoms with van der Waals surface area (Å²) >= 11 is 1.36. The van der Waals surface area contributed by atoms with Crippen LogP contribution in [0.25, 0.3) is 0 Å². The summed E-state index contributed by atoms with van der Waals surface area (Å²) in [6.45, 7) is 4.69. The fourth-order valence-corrected chi connectivity index (χ4v) is 3.59. The van der Waals surface area contributed by atoms with Gasteiger partial charge in [-0.25, -0.2) is 4.79 Å². The van der Waals surface area contributed by atoms with Gasteiger partial charge in [0.25, 0.3) is 0 Å². The van der Waals surface area contributed by atoms with Gasteiger partial charge >= 0.3 is 5.97 Å². The largest absolute Gasteiger partial charge is 0.477 e. The lowest BCUT2D eigenvalue weighted by Gasteiger charge is -2.37. The number of carboxylic acids is 1. The molecule has 110 valence electrons. The lowest BCUT2D eigenvalue weighted by molar-refractivity contribution is 0.0702. The van der Waals surface area contributed by atoms with Gasteiger partial charge < -0.3 is 14.9 Å². The number of para-hydroxylation sites is 2. The van der Waals surface area contributed by atoms with Gasteiger partial charge in [-0.1, -0.05) is 12.1 Å². The van der Waals surface area contributed by atoms with Crippen LogP contribution in [0.15, 0.2) is 30.3 Å². The molecule has 4 nitrogen and oxygen atoms in total. The molecule has 2 heterocycles. The Balaban J connectivity index is 1.89. The van der Waals surface area contributed by atoms with Gasteiger partial charge in [0.05, 0.1) is 11.4 Å². The molecule has 0 unspecified atom stereocenters. The van der Waals surface area contributed by atoms with E-state index in [9.17, 15) is 4.79 Å². The SMILES string of the molecule is Cc1sc(C(=O)O)cc1CN1CCN(C)c2ccccc21. The van der Waals surface area contributed by atoms with E-state index in [1.807, 2.05) is 19.1 Å². The van der Waals surface area contributed by atoms with Crippen molar-refractivity contribution in [1.29, 1.82) is 0 Å². The van der Waals surface area contributed by atoms with Gasteiger partial charge in [-0.3, -0.25) is 0 Å². The van der Waals surface area contributed by atoms with Crippen molar-refractivity contribution in [2.45, 2.75) is 13.5 Å². The van der Waals surface area contributed by atoms with E-state index >= 15 is 0 Å². The van der Waals surface area contributed by atoms with Crippen molar-refractivity contribution >= 4 is 28.7 Å². The molecule has 3 rings (SSSR count). The molecule has 1 aliphatic rings. The molecule has 0 bridgehead atoms. The number of thiophene rings is 1. The third kappa shape index (κ3) is 2.61. The van der Waals surface area contributed by atoms with E-state index in [1.54, 1.807) is 0 Å². The maximum absolute atomic E-state index is 11.1. The molecule has 0 fully saturated rings. The van der Waals surface area contributed by atoms with Crippen molar-refractivity contribution in [3.63, 3.8) is 0 Å². The first-order chi connectivity index (χ1) is 10.1. The predicted molar refractivity (Wildman–Crippen MR) is 86.8 cm³/mol. The maximum Gasteiger partial charge on any atom is 0.345 e. The van der Waals surface area contributed by atoms with Crippen molar-refractivity contribution in [2.24, 2.45) is 0 Å². The minimum absolute atomic E-state index is 0.421. The van der Waals surface area contributed by atoms with Gasteiger partial charge in [0.15, 0.2) is 0 Å². The topological polar surface area (TPSA) is 43.8 Å². The third-order valence-electron chi connectivity index (χ3n) is 3.93. The summed E-state index contributed by atoms with van der Waals surface area (Å²) in [6, 6.07) is 10.2. The van der Waals surface area contributed by atoms with E-state index in [1.165, 1.54) is 22.7 Å². The Hall–Kier alpha value is -2.01. The quantitative estimate of drug-likeness (QED) is 0.945. The lowest BCUT2D eigenvalue weighted by atomic mass is 10.1. The Morgan fingerprint density at radius 2 is 2.00 bits per heavy atom. The molecule has 0 amide bonds. The summed E-state index contributed by atoms with van der Waals surface area (Å²) in [7, 11) is 2.11. The molecule has 0 saturated heterocycles. The predicted octanol–water partition coefficient (Wildman–Crippen LogP) is 3.21. The summed E-state index contributed by atoms with van der Waals surface area (Å²) in [5, 5.41) is 9.11. The van der Waals surface area contributed by atoms with E-state index in [4.69, 9.17) is 5.11 Å². The van der Waals surface area contributed by atoms with Crippen LogP contribution < -0.4 is 9.80 Å². The summed E-state index contributed by atoms with van der Waals surface area (Å²) < 4.78 is 0. The van der Waals surface area contributed by atoms with Gasteiger partial charge in [0.2, 0.25) is 0 Å². The molecule has 0 radical (unpaired) electrons. The molecule has 21 heavy (non-hydrogen) atoms. The second kappa shape index (κ2) is 5.41. The van der Waals surface area contributed by atoms with Gasteiger partial charge in [0, 0.05) is 31.6 Å². The molecule has 5 heteroatoms. The molecule has 0 atom stereocenters. The molecule has 1 aromatic carbocycles. The number of likely N-dealkylation sites (N-methyl/N-ethyl adjacent to an activating group) is 1. The van der Waals surface area contributed by atoms with E-state index in [0.29, 0.717) is 4.88 Å². The number of benzene rings is 1. The minimum atomic E-state index is -0.840. The average molecular weight is 302 g/mol. The van der Waals surface area contributed by atoms with Crippen LogP contribution in [-0.2, 0) is 6.54 Å². The first-order valence-corrected chi connectivity index (χ1v) is 7.75. The molecule has 0 saturated carbocycles. The molecule has 0 spiro atoms. The van der Waals surface area contributed by atoms with Crippen LogP contribution in [0, 0.1) is 6.92 Å². The Morgan fingerprint density at radius 1 is 1.29 bits per heavy atom. The smallest absolute Gasteiger partial charge is 0.345 e. The van der Waals surface area contributed by atoms with Crippen LogP contribution >= 0.6 is 11.3 Å². The third-order valence-corrected chi connectivity index (χ3v) is 5.01. The zero-order valence-corrected chi connectivity index (χ0v) is 13.0. The minimum Gasteiger partial charge on any atom is -0.477 e. The number of hydrogen-bond acceptors (Lipinski definition) is 4. The molecule has 1 aliphatic heterocycles. The normalized spacial score (nSPS) is 14.2. The zero-order valence-electron chi connectivity index (χ0n) is 12.2. The van der Waals surface area contributed by atoms with Crippen LogP contribution in [0.2, 0.25) is 0 Å². The highest BCUT2D eigenvalue weighted by Gasteiger charge is 2.21. The van der Waals surface area contributed by atoms with Crippen LogP contribution in [0.4, 0.5) is 11.4 Å². The molecule has 2 aromatic rings. The highest BCUT2D eigenvalue weighted by Crippen LogP contribution is 2.34. The van der Waals surface area contributed by atoms with Crippen molar-refractivity contribution in [3.05, 3.63) is 45.6 Å². The molecular formula is C16H18N2O2S. The first kappa shape index (κ1) is 13.9. The number of nitrogens with zero attached hydrogens (tertiary/aromatic N) is 2. The van der Waals surface area contributed by atoms with Gasteiger partial charge in [-0.15, -0.1) is 11.3 Å². The Bertz CT molecular complexity index is 681. The lowest BCUT2D eigenvalue weighted by Crippen LogP contribution is -2.38. The number of fused-ring (bicyclic) bond motifs is 1. The van der Waals surface area contributed by atoms with E-state index in [2.05, 4.69) is 35.0 Å². The highest BCUT2D eigenvalue weighted by atomic mass is 32.1. The summed E-state index contributed by atoms with van der Waals surface area (Å²) in [5.74, 6) is -0.840. The number of aromatic carboxylic acids is 1. The van der Waals surface area contributed by atoms with Crippen LogP contribution in [0.1, 0.15) is 20.1 Å². The van der Waals surface area contributed by atoms with Crippen molar-refractivity contribution < 1.29 is 9.90 Å². The highest BCUT2D eigenvalue weighted by molar-refractivity contribution is 7.14. The molecule has 1 N–H and O–H groups in total. The number of rotatable bonds is 3. The van der Waals surface area contributed by atoms with Crippen molar-refractivity contribution in [2.75, 3.05) is 29.9 Å². The number of hydrogen-bond donors (Lipinski definition) is 1. The number of carboxylic acid groups (broad SMARTS) is 1. The maximum atomic E-state index is 11.1. The second-order valence-corrected chi connectivity index (χ2v) is 6.59. The summed E-state index contributed by atoms with van der Waals surface area (Å²) in [5.41, 5.74) is 3.56. The van der Waals surface area contributed by atoms with Gasteiger partial charge in [0.1, 0.15) is 4.88 Å². The Kier molecular flexibility index (Phi) is 3.59. The fraction of sp³-hybridized carbons (Fsp3) is 0.312. The molecular weight excluding hydrogens is 284 g/mol. The zero-order chi connectivity index (χ0) is 15.0. The monoisotopic (exact) mass is 302 g/mol. The molecule has 1 aromatic heterocycles. The first-order valence-electron chi connectivity index (χ1n) is 6.94. The van der Waals surface area contributed by atoms with Crippen molar-refractivity contribution in [1.82, 2.24) is 0 Å².